The van der Waals surface area contributed by atoms with Crippen LogP contribution in [0.2, 0.25) is 0 Å². The number of carbonyl (C=O) groups is 4. The fourth-order valence-corrected chi connectivity index (χ4v) is 11.4. The van der Waals surface area contributed by atoms with Crippen LogP contribution in [0.5, 0.6) is 0 Å². The number of ether oxygens (including phenoxy) is 4. The van der Waals surface area contributed by atoms with Crippen molar-refractivity contribution in [2.45, 2.75) is 322 Å². The Morgan fingerprint density at radius 3 is 0.905 bits per heavy atom. The van der Waals surface area contributed by atoms with Crippen LogP contribution in [0.1, 0.15) is 310 Å². The highest BCUT2D eigenvalue weighted by Crippen LogP contribution is 2.33. The molecule has 0 amide bonds. The number of nitrogens with zero attached hydrogens (tertiary/aromatic N) is 1. The largest absolute Gasteiger partial charge is 0.465 e. The first-order valence-electron chi connectivity index (χ1n) is 32.3. The van der Waals surface area contributed by atoms with E-state index < -0.39 is 0 Å². The van der Waals surface area contributed by atoms with Gasteiger partial charge in [-0.15, -0.1) is 0 Å². The Hall–Kier alpha value is -2.20. The minimum Gasteiger partial charge on any atom is -0.465 e. The summed E-state index contributed by atoms with van der Waals surface area (Å²) in [7, 11) is 0. The Labute approximate surface area is 455 Å². The average molecular weight is 1050 g/mol. The Morgan fingerprint density at radius 1 is 0.351 bits per heavy atom. The first kappa shape index (κ1) is 67.9. The summed E-state index contributed by atoms with van der Waals surface area (Å²) in [6.45, 7) is 13.0. The lowest BCUT2D eigenvalue weighted by atomic mass is 9.82. The van der Waals surface area contributed by atoms with Crippen molar-refractivity contribution in [1.29, 1.82) is 0 Å². The van der Waals surface area contributed by atoms with Crippen molar-refractivity contribution in [2.24, 2.45) is 23.7 Å². The number of esters is 4. The summed E-state index contributed by atoms with van der Waals surface area (Å²) in [4.78, 5) is 55.2. The average Bonchev–Trinajstić information content (AvgIpc) is 3.41. The molecule has 2 aliphatic rings. The minimum atomic E-state index is -0.124. The van der Waals surface area contributed by atoms with Crippen molar-refractivity contribution in [3.63, 3.8) is 0 Å². The van der Waals surface area contributed by atoms with Gasteiger partial charge in [-0.05, 0) is 174 Å². The molecule has 2 fully saturated rings. The van der Waals surface area contributed by atoms with Crippen LogP contribution in [-0.2, 0) is 38.1 Å². The number of aliphatic hydroxyl groups excluding tert-OH is 1. The molecule has 0 aromatic carbocycles. The SMILES string of the molecule is CCCCCCCCC(CCCCCCCC)OC(=O)C1CCC(C(=O)OCCCCCN(CCCCO)CCCCCOC(=O)C2CCC(C(=O)OC(CCCCCCCC)CCCCCCCC)CC2)CC1. The van der Waals surface area contributed by atoms with Crippen molar-refractivity contribution >= 4 is 23.9 Å². The van der Waals surface area contributed by atoms with E-state index in [4.69, 9.17) is 18.9 Å². The van der Waals surface area contributed by atoms with E-state index in [9.17, 15) is 24.3 Å². The van der Waals surface area contributed by atoms with Gasteiger partial charge in [0.2, 0.25) is 0 Å². The highest BCUT2D eigenvalue weighted by Gasteiger charge is 2.34. The molecule has 0 aliphatic heterocycles. The molecule has 10 heteroatoms. The van der Waals surface area contributed by atoms with Crippen LogP contribution in [0.15, 0.2) is 0 Å². The normalized spacial score (nSPS) is 18.1. The second-order valence-corrected chi connectivity index (χ2v) is 23.2. The molecule has 2 rings (SSSR count). The topological polar surface area (TPSA) is 129 Å². The van der Waals surface area contributed by atoms with Gasteiger partial charge >= 0.3 is 23.9 Å². The Balaban J connectivity index is 1.62. The number of unbranched alkanes of at least 4 members (excludes halogenated alkanes) is 25. The second-order valence-electron chi connectivity index (χ2n) is 23.2. The van der Waals surface area contributed by atoms with E-state index in [2.05, 4.69) is 32.6 Å². The Kier molecular flexibility index (Phi) is 44.0. The van der Waals surface area contributed by atoms with Crippen LogP contribution < -0.4 is 0 Å². The molecule has 0 atom stereocenters. The summed E-state index contributed by atoms with van der Waals surface area (Å²) in [6.07, 6.45) is 46.9. The van der Waals surface area contributed by atoms with Crippen LogP contribution in [0.3, 0.4) is 0 Å². The van der Waals surface area contributed by atoms with Crippen molar-refractivity contribution < 1.29 is 43.2 Å². The molecule has 0 radical (unpaired) electrons. The molecule has 0 aromatic rings. The zero-order valence-corrected chi connectivity index (χ0v) is 49.0. The third-order valence-electron chi connectivity index (χ3n) is 16.5. The van der Waals surface area contributed by atoms with E-state index in [1.54, 1.807) is 0 Å². The quantitative estimate of drug-likeness (QED) is 0.0357. The second kappa shape index (κ2) is 48.0. The molecule has 0 unspecified atom stereocenters. The lowest BCUT2D eigenvalue weighted by Crippen LogP contribution is -2.30. The highest BCUT2D eigenvalue weighted by atomic mass is 16.6. The van der Waals surface area contributed by atoms with Crippen LogP contribution >= 0.6 is 0 Å². The zero-order chi connectivity index (χ0) is 53.5. The molecule has 74 heavy (non-hydrogen) atoms. The fraction of sp³-hybridized carbons (Fsp3) is 0.938. The number of carbonyl (C=O) groups excluding carboxylic acids is 4. The molecular formula is C64H119NO9. The van der Waals surface area contributed by atoms with Crippen LogP contribution in [0.4, 0.5) is 0 Å². The maximum atomic E-state index is 13.3. The highest BCUT2D eigenvalue weighted by molar-refractivity contribution is 5.76. The smallest absolute Gasteiger partial charge is 0.309 e. The van der Waals surface area contributed by atoms with E-state index in [1.165, 1.54) is 128 Å². The molecule has 434 valence electrons. The van der Waals surface area contributed by atoms with Gasteiger partial charge in [0.1, 0.15) is 12.2 Å². The van der Waals surface area contributed by atoms with Gasteiger partial charge in [0.05, 0.1) is 36.9 Å². The summed E-state index contributed by atoms with van der Waals surface area (Å²) in [5, 5.41) is 9.41. The van der Waals surface area contributed by atoms with E-state index >= 15 is 0 Å². The molecule has 10 nitrogen and oxygen atoms in total. The van der Waals surface area contributed by atoms with Gasteiger partial charge in [-0.2, -0.15) is 0 Å². The minimum absolute atomic E-state index is 0.0272. The van der Waals surface area contributed by atoms with Crippen molar-refractivity contribution in [2.75, 3.05) is 39.5 Å². The van der Waals surface area contributed by atoms with Gasteiger partial charge in [-0.3, -0.25) is 19.2 Å². The lowest BCUT2D eigenvalue weighted by Gasteiger charge is -2.28. The van der Waals surface area contributed by atoms with Gasteiger partial charge in [0, 0.05) is 6.61 Å². The van der Waals surface area contributed by atoms with Crippen molar-refractivity contribution in [3.8, 4) is 0 Å². The number of aliphatic hydroxyl groups is 1. The van der Waals surface area contributed by atoms with Crippen molar-refractivity contribution in [3.05, 3.63) is 0 Å². The van der Waals surface area contributed by atoms with Crippen LogP contribution in [0, 0.1) is 23.7 Å². The summed E-state index contributed by atoms with van der Waals surface area (Å²) in [5.74, 6) is -0.766. The third kappa shape index (κ3) is 35.3. The summed E-state index contributed by atoms with van der Waals surface area (Å²) < 4.78 is 23.9. The lowest BCUT2D eigenvalue weighted by molar-refractivity contribution is -0.159. The van der Waals surface area contributed by atoms with Gasteiger partial charge in [0.15, 0.2) is 0 Å². The molecule has 0 heterocycles. The molecule has 2 aliphatic carbocycles. The van der Waals surface area contributed by atoms with E-state index in [0.29, 0.717) is 64.6 Å². The van der Waals surface area contributed by atoms with Gasteiger partial charge in [0.25, 0.3) is 0 Å². The predicted molar refractivity (Wildman–Crippen MR) is 305 cm³/mol. The predicted octanol–water partition coefficient (Wildman–Crippen LogP) is 16.9. The monoisotopic (exact) mass is 1050 g/mol. The number of hydrogen-bond acceptors (Lipinski definition) is 10. The molecule has 1 N–H and O–H groups in total. The van der Waals surface area contributed by atoms with Gasteiger partial charge in [-0.1, -0.05) is 156 Å². The molecule has 0 saturated heterocycles. The molecule has 0 bridgehead atoms. The maximum Gasteiger partial charge on any atom is 0.309 e. The summed E-state index contributed by atoms with van der Waals surface area (Å²) in [6, 6.07) is 0. The Morgan fingerprint density at radius 2 is 0.608 bits per heavy atom. The van der Waals surface area contributed by atoms with Crippen LogP contribution in [-0.4, -0.2) is 85.5 Å². The molecule has 0 spiro atoms. The van der Waals surface area contributed by atoms with Crippen LogP contribution in [0.25, 0.3) is 0 Å². The maximum absolute atomic E-state index is 13.3. The Bertz CT molecular complexity index is 1200. The first-order valence-corrected chi connectivity index (χ1v) is 32.3. The summed E-state index contributed by atoms with van der Waals surface area (Å²) >= 11 is 0. The first-order chi connectivity index (χ1) is 36.3. The van der Waals surface area contributed by atoms with E-state index in [-0.39, 0.29) is 66.4 Å². The standard InChI is InChI=1S/C64H119NO9/c1-5-9-13-17-21-27-37-59(38-28-22-18-14-10-6-2)73-63(69)57-45-41-55(42-46-57)61(67)71-53-35-25-31-49-65(51-33-34-52-66)50-32-26-36-54-72-62(68)56-43-47-58(48-44-56)64(70)74-60(39-29-23-19-15-11-7-3)40-30-24-20-16-12-8-4/h55-60,66H,5-54H2,1-4H3. The molecule has 2 saturated carbocycles. The van der Waals surface area contributed by atoms with E-state index in [1.807, 2.05) is 0 Å². The fourth-order valence-electron chi connectivity index (χ4n) is 11.4. The van der Waals surface area contributed by atoms with Crippen molar-refractivity contribution in [1.82, 2.24) is 4.90 Å². The molecular weight excluding hydrogens is 927 g/mol. The third-order valence-corrected chi connectivity index (χ3v) is 16.5. The number of hydrogen-bond donors (Lipinski definition) is 1. The molecule has 0 aromatic heterocycles. The summed E-state index contributed by atoms with van der Waals surface area (Å²) in [5.41, 5.74) is 0. The number of rotatable bonds is 50. The van der Waals surface area contributed by atoms with Gasteiger partial charge < -0.3 is 29.0 Å². The zero-order valence-electron chi connectivity index (χ0n) is 49.0. The van der Waals surface area contributed by atoms with E-state index in [0.717, 1.165) is 122 Å². The van der Waals surface area contributed by atoms with Gasteiger partial charge in [-0.25, -0.2) is 0 Å².